The molecule has 1 aromatic heterocycles. The van der Waals surface area contributed by atoms with Crippen molar-refractivity contribution < 1.29 is 14.1 Å². The highest BCUT2D eigenvalue weighted by Gasteiger charge is 2.13. The van der Waals surface area contributed by atoms with Crippen molar-refractivity contribution in [2.45, 2.75) is 13.8 Å². The highest BCUT2D eigenvalue weighted by Crippen LogP contribution is 2.29. The maximum atomic E-state index is 12.5. The van der Waals surface area contributed by atoms with Crippen LogP contribution in [0.1, 0.15) is 16.7 Å². The molecule has 1 heterocycles. The Kier molecular flexibility index (Phi) is 5.75. The van der Waals surface area contributed by atoms with Crippen molar-refractivity contribution in [1.29, 1.82) is 0 Å². The van der Waals surface area contributed by atoms with E-state index in [0.717, 1.165) is 22.2 Å². The van der Waals surface area contributed by atoms with Gasteiger partial charge < -0.3 is 9.73 Å². The summed E-state index contributed by atoms with van der Waals surface area (Å²) in [5.41, 5.74) is 5.02. The van der Waals surface area contributed by atoms with E-state index in [1.54, 1.807) is 12.1 Å². The van der Waals surface area contributed by atoms with Crippen molar-refractivity contribution in [2.75, 3.05) is 5.32 Å². The van der Waals surface area contributed by atoms with Crippen molar-refractivity contribution in [1.82, 2.24) is 4.98 Å². The zero-order valence-corrected chi connectivity index (χ0v) is 18.0. The lowest BCUT2D eigenvalue weighted by molar-refractivity contribution is -0.384. The summed E-state index contributed by atoms with van der Waals surface area (Å²) in [5.74, 6) is 0.0844. The number of anilines is 1. The molecule has 1 amide bonds. The largest absolute Gasteiger partial charge is 0.436 e. The Bertz CT molecular complexity index is 1390. The van der Waals surface area contributed by atoms with E-state index < -0.39 is 4.92 Å². The average molecular weight is 448 g/mol. The highest BCUT2D eigenvalue weighted by atomic mass is 35.5. The zero-order chi connectivity index (χ0) is 22.8. The van der Waals surface area contributed by atoms with E-state index in [9.17, 15) is 14.9 Å². The van der Waals surface area contributed by atoms with Crippen molar-refractivity contribution in [2.24, 2.45) is 0 Å². The van der Waals surface area contributed by atoms with Crippen LogP contribution in [0.5, 0.6) is 0 Å². The third-order valence-electron chi connectivity index (χ3n) is 4.88. The Balaban J connectivity index is 1.55. The summed E-state index contributed by atoms with van der Waals surface area (Å²) < 4.78 is 5.88. The van der Waals surface area contributed by atoms with Crippen LogP contribution in [0, 0.1) is 24.0 Å². The van der Waals surface area contributed by atoms with Gasteiger partial charge in [-0.15, -0.1) is 0 Å². The van der Waals surface area contributed by atoms with Crippen LogP contribution >= 0.6 is 11.6 Å². The van der Waals surface area contributed by atoms with Gasteiger partial charge in [0.05, 0.1) is 4.92 Å². The number of nitro benzene ring substituents is 1. The van der Waals surface area contributed by atoms with Gasteiger partial charge in [-0.2, -0.15) is 0 Å². The van der Waals surface area contributed by atoms with E-state index in [2.05, 4.69) is 10.3 Å². The second-order valence-electron chi connectivity index (χ2n) is 7.31. The molecule has 0 radical (unpaired) electrons. The summed E-state index contributed by atoms with van der Waals surface area (Å²) in [6.07, 6.45) is 2.79. The Morgan fingerprint density at radius 2 is 1.94 bits per heavy atom. The van der Waals surface area contributed by atoms with Gasteiger partial charge in [0.2, 0.25) is 11.8 Å². The number of carbonyl (C=O) groups is 1. The Morgan fingerprint density at radius 1 is 1.12 bits per heavy atom. The minimum Gasteiger partial charge on any atom is -0.436 e. The molecule has 0 aliphatic rings. The molecule has 0 aliphatic heterocycles. The van der Waals surface area contributed by atoms with Crippen LogP contribution in [-0.4, -0.2) is 15.8 Å². The molecular formula is C24H18ClN3O4. The number of nitro groups is 1. The van der Waals surface area contributed by atoms with Crippen LogP contribution in [-0.2, 0) is 4.79 Å². The van der Waals surface area contributed by atoms with E-state index in [-0.39, 0.29) is 16.6 Å². The maximum absolute atomic E-state index is 12.5. The second-order valence-corrected chi connectivity index (χ2v) is 7.72. The molecule has 4 rings (SSSR count). The van der Waals surface area contributed by atoms with Gasteiger partial charge in [0.1, 0.15) is 10.5 Å². The third-order valence-corrected chi connectivity index (χ3v) is 5.20. The maximum Gasteiger partial charge on any atom is 0.288 e. The van der Waals surface area contributed by atoms with Crippen molar-refractivity contribution in [3.05, 3.63) is 92.5 Å². The molecule has 0 atom stereocenters. The van der Waals surface area contributed by atoms with Crippen LogP contribution in [0.4, 0.5) is 11.4 Å². The van der Waals surface area contributed by atoms with E-state index in [1.807, 2.05) is 44.2 Å². The first-order valence-corrected chi connectivity index (χ1v) is 10.1. The Labute approximate surface area is 188 Å². The monoisotopic (exact) mass is 447 g/mol. The fraction of sp³-hybridized carbons (Fsp3) is 0.0833. The van der Waals surface area contributed by atoms with Crippen LogP contribution in [0.25, 0.3) is 28.6 Å². The number of hydrogen-bond acceptors (Lipinski definition) is 5. The number of rotatable bonds is 5. The van der Waals surface area contributed by atoms with Gasteiger partial charge in [0.15, 0.2) is 5.58 Å². The second kappa shape index (κ2) is 8.64. The van der Waals surface area contributed by atoms with Gasteiger partial charge >= 0.3 is 0 Å². The first-order valence-electron chi connectivity index (χ1n) is 9.71. The first-order chi connectivity index (χ1) is 15.3. The molecule has 8 heteroatoms. The van der Waals surface area contributed by atoms with Crippen LogP contribution in [0.15, 0.2) is 65.1 Å². The molecule has 32 heavy (non-hydrogen) atoms. The quantitative estimate of drug-likeness (QED) is 0.219. The lowest BCUT2D eigenvalue weighted by Gasteiger charge is -2.08. The fourth-order valence-corrected chi connectivity index (χ4v) is 3.35. The zero-order valence-electron chi connectivity index (χ0n) is 17.3. The number of carbonyl (C=O) groups excluding carboxylic acids is 1. The van der Waals surface area contributed by atoms with Gasteiger partial charge in [-0.3, -0.25) is 14.9 Å². The topological polar surface area (TPSA) is 98.3 Å². The highest BCUT2D eigenvalue weighted by molar-refractivity contribution is 6.32. The number of amides is 1. The van der Waals surface area contributed by atoms with Crippen molar-refractivity contribution in [3.8, 4) is 11.5 Å². The molecule has 7 nitrogen and oxygen atoms in total. The number of nitrogens with one attached hydrogen (secondary N) is 1. The molecule has 0 spiro atoms. The number of aromatic nitrogens is 1. The number of benzene rings is 3. The molecule has 0 fully saturated rings. The normalized spacial score (nSPS) is 11.2. The summed E-state index contributed by atoms with van der Waals surface area (Å²) in [4.78, 5) is 27.4. The summed E-state index contributed by atoms with van der Waals surface area (Å²) in [5, 5.41) is 13.9. The van der Waals surface area contributed by atoms with Gasteiger partial charge in [0.25, 0.3) is 5.69 Å². The van der Waals surface area contributed by atoms with Gasteiger partial charge in [-0.05, 0) is 66.9 Å². The minimum atomic E-state index is -0.567. The Hall–Kier alpha value is -3.97. The minimum absolute atomic E-state index is 0.0402. The van der Waals surface area contributed by atoms with E-state index in [0.29, 0.717) is 22.7 Å². The summed E-state index contributed by atoms with van der Waals surface area (Å²) in [6.45, 7) is 3.86. The van der Waals surface area contributed by atoms with E-state index in [4.69, 9.17) is 16.0 Å². The molecule has 0 saturated carbocycles. The number of nitrogens with zero attached hydrogens (tertiary/aromatic N) is 2. The van der Waals surface area contributed by atoms with Crippen LogP contribution in [0.3, 0.4) is 0 Å². The number of oxazole rings is 1. The van der Waals surface area contributed by atoms with E-state index in [1.165, 1.54) is 24.3 Å². The molecule has 0 saturated heterocycles. The fourth-order valence-electron chi connectivity index (χ4n) is 3.16. The molecule has 0 bridgehead atoms. The Morgan fingerprint density at radius 3 is 2.72 bits per heavy atom. The third kappa shape index (κ3) is 4.53. The predicted octanol–water partition coefficient (Wildman–Crippen LogP) is 6.33. The summed E-state index contributed by atoms with van der Waals surface area (Å²) >= 11 is 5.82. The van der Waals surface area contributed by atoms with Gasteiger partial charge in [0, 0.05) is 23.4 Å². The van der Waals surface area contributed by atoms with Crippen LogP contribution < -0.4 is 5.32 Å². The standard InChI is InChI=1S/C24H18ClN3O4/c1-14-3-9-19-22(11-14)32-24(27-19)17-7-4-15(2)20(13-17)26-23(29)10-6-16-5-8-18(25)21(12-16)28(30)31/h3-13H,1-2H3,(H,26,29)/b10-6+. The van der Waals surface area contributed by atoms with Crippen LogP contribution in [0.2, 0.25) is 5.02 Å². The van der Waals surface area contributed by atoms with Crippen molar-refractivity contribution in [3.63, 3.8) is 0 Å². The molecular weight excluding hydrogens is 430 g/mol. The first kappa shape index (κ1) is 21.3. The smallest absolute Gasteiger partial charge is 0.288 e. The van der Waals surface area contributed by atoms with Gasteiger partial charge in [-0.25, -0.2) is 4.98 Å². The number of halogens is 1. The number of fused-ring (bicyclic) bond motifs is 1. The molecule has 160 valence electrons. The van der Waals surface area contributed by atoms with Crippen molar-refractivity contribution >= 4 is 46.1 Å². The number of hydrogen-bond donors (Lipinski definition) is 1. The molecule has 0 aliphatic carbocycles. The summed E-state index contributed by atoms with van der Waals surface area (Å²) in [7, 11) is 0. The summed E-state index contributed by atoms with van der Waals surface area (Å²) in [6, 6.07) is 15.7. The molecule has 4 aromatic rings. The predicted molar refractivity (Wildman–Crippen MR) is 125 cm³/mol. The van der Waals surface area contributed by atoms with E-state index >= 15 is 0 Å². The SMILES string of the molecule is Cc1ccc2nc(-c3ccc(C)c(NC(=O)/C=C/c4ccc(Cl)c([N+](=O)[O-])c4)c3)oc2c1. The number of aryl methyl sites for hydroxylation is 2. The lowest BCUT2D eigenvalue weighted by atomic mass is 10.1. The van der Waals surface area contributed by atoms with Gasteiger partial charge in [-0.1, -0.05) is 29.8 Å². The molecule has 0 unspecified atom stereocenters. The molecule has 3 aromatic carbocycles. The average Bonchev–Trinajstić information content (AvgIpc) is 3.17. The lowest BCUT2D eigenvalue weighted by Crippen LogP contribution is -2.09. The molecule has 1 N–H and O–H groups in total.